The van der Waals surface area contributed by atoms with Crippen LogP contribution in [0.5, 0.6) is 0 Å². The number of aromatic amines is 1. The van der Waals surface area contributed by atoms with Gasteiger partial charge in [-0.2, -0.15) is 8.42 Å². The molecule has 0 atom stereocenters. The Morgan fingerprint density at radius 2 is 2.05 bits per heavy atom. The van der Waals surface area contributed by atoms with Crippen LogP contribution < -0.4 is 4.57 Å². The third kappa shape index (κ3) is 3.28. The molecule has 102 valence electrons. The highest BCUT2D eigenvalue weighted by Gasteiger charge is 2.17. The van der Waals surface area contributed by atoms with Crippen molar-refractivity contribution in [2.45, 2.75) is 11.4 Å². The summed E-state index contributed by atoms with van der Waals surface area (Å²) in [6.07, 6.45) is 5.14. The van der Waals surface area contributed by atoms with Crippen molar-refractivity contribution in [2.24, 2.45) is 0 Å². The second-order valence-electron chi connectivity index (χ2n) is 3.76. The maximum atomic E-state index is 11.3. The van der Waals surface area contributed by atoms with E-state index in [0.717, 1.165) is 5.82 Å². The summed E-state index contributed by atoms with van der Waals surface area (Å²) in [6.45, 7) is 3.99. The Balaban J connectivity index is 0.00000180. The smallest absolute Gasteiger partial charge is 0.294 e. The number of hydrogen-bond acceptors (Lipinski definition) is 3. The predicted molar refractivity (Wildman–Crippen MR) is 68.4 cm³/mol. The first-order chi connectivity index (χ1) is 8.52. The fraction of sp³-hybridized carbons (Fsp3) is 0.0833. The minimum atomic E-state index is -4.21. The molecule has 0 bridgehead atoms. The topological polar surface area (TPSA) is 104 Å². The van der Waals surface area contributed by atoms with Crippen LogP contribution in [-0.2, 0) is 16.7 Å². The first-order valence-corrected chi connectivity index (χ1v) is 6.71. The summed E-state index contributed by atoms with van der Waals surface area (Å²) >= 11 is 0. The normalized spacial score (nSPS) is 10.8. The van der Waals surface area contributed by atoms with Crippen molar-refractivity contribution in [3.63, 3.8) is 0 Å². The Morgan fingerprint density at radius 1 is 1.37 bits per heavy atom. The van der Waals surface area contributed by atoms with Crippen molar-refractivity contribution >= 4 is 16.2 Å². The maximum absolute atomic E-state index is 11.3. The molecule has 0 aliphatic rings. The number of imidazole rings is 1. The first-order valence-electron chi connectivity index (χ1n) is 5.27. The van der Waals surface area contributed by atoms with Gasteiger partial charge in [-0.05, 0) is 6.07 Å². The molecular formula is C12H14N2O4S. The Labute approximate surface area is 111 Å². The molecule has 0 radical (unpaired) electrons. The minimum absolute atomic E-state index is 0. The van der Waals surface area contributed by atoms with E-state index < -0.39 is 10.1 Å². The summed E-state index contributed by atoms with van der Waals surface area (Å²) in [6, 6.07) is 6.34. The molecule has 0 aliphatic heterocycles. The highest BCUT2D eigenvalue weighted by Crippen LogP contribution is 2.14. The Morgan fingerprint density at radius 3 is 2.68 bits per heavy atom. The zero-order chi connectivity index (χ0) is 13.2. The van der Waals surface area contributed by atoms with E-state index >= 15 is 0 Å². The zero-order valence-corrected chi connectivity index (χ0v) is 10.8. The molecule has 0 fully saturated rings. The summed E-state index contributed by atoms with van der Waals surface area (Å²) in [4.78, 5) is 2.89. The summed E-state index contributed by atoms with van der Waals surface area (Å²) < 4.78 is 33.5. The third-order valence-electron chi connectivity index (χ3n) is 2.58. The van der Waals surface area contributed by atoms with E-state index in [1.165, 1.54) is 6.07 Å². The van der Waals surface area contributed by atoms with E-state index in [1.807, 2.05) is 0 Å². The minimum Gasteiger partial charge on any atom is -0.870 e. The number of rotatable bonds is 4. The lowest BCUT2D eigenvalue weighted by Gasteiger charge is -2.05. The number of nitrogens with zero attached hydrogens (tertiary/aromatic N) is 1. The zero-order valence-electron chi connectivity index (χ0n) is 10.0. The van der Waals surface area contributed by atoms with Crippen molar-refractivity contribution in [3.8, 4) is 0 Å². The Hall–Kier alpha value is -1.96. The third-order valence-corrected chi connectivity index (χ3v) is 3.53. The molecular weight excluding hydrogens is 268 g/mol. The second-order valence-corrected chi connectivity index (χ2v) is 5.15. The van der Waals surface area contributed by atoms with Crippen molar-refractivity contribution in [2.75, 3.05) is 0 Å². The Bertz CT molecular complexity index is 677. The van der Waals surface area contributed by atoms with Crippen LogP contribution in [0.15, 0.2) is 48.1 Å². The fourth-order valence-electron chi connectivity index (χ4n) is 1.76. The molecule has 0 saturated heterocycles. The molecule has 0 amide bonds. The van der Waals surface area contributed by atoms with Crippen molar-refractivity contribution in [3.05, 3.63) is 54.6 Å². The van der Waals surface area contributed by atoms with E-state index in [0.29, 0.717) is 12.1 Å². The van der Waals surface area contributed by atoms with Crippen LogP contribution in [0.2, 0.25) is 0 Å². The summed E-state index contributed by atoms with van der Waals surface area (Å²) in [7, 11) is -4.21. The largest absolute Gasteiger partial charge is 0.870 e. The van der Waals surface area contributed by atoms with Gasteiger partial charge in [0.1, 0.15) is 23.8 Å². The van der Waals surface area contributed by atoms with Gasteiger partial charge in [-0.15, -0.1) is 0 Å². The van der Waals surface area contributed by atoms with E-state index in [2.05, 4.69) is 11.6 Å². The van der Waals surface area contributed by atoms with Gasteiger partial charge in [0.25, 0.3) is 15.9 Å². The number of hydrogen-bond donors (Lipinski definition) is 2. The molecule has 7 heteroatoms. The fourth-order valence-corrected chi connectivity index (χ4v) is 2.47. The second kappa shape index (κ2) is 5.79. The highest BCUT2D eigenvalue weighted by atomic mass is 32.2. The van der Waals surface area contributed by atoms with E-state index in [4.69, 9.17) is 4.55 Å². The molecule has 19 heavy (non-hydrogen) atoms. The van der Waals surface area contributed by atoms with Gasteiger partial charge >= 0.3 is 0 Å². The van der Waals surface area contributed by atoms with E-state index in [-0.39, 0.29) is 10.4 Å². The van der Waals surface area contributed by atoms with Crippen LogP contribution in [-0.4, -0.2) is 23.4 Å². The number of nitrogens with one attached hydrogen (secondary N) is 1. The van der Waals surface area contributed by atoms with Gasteiger partial charge < -0.3 is 5.48 Å². The molecule has 1 aromatic carbocycles. The van der Waals surface area contributed by atoms with E-state index in [1.54, 1.807) is 41.2 Å². The molecule has 2 aromatic rings. The molecule has 0 aliphatic carbocycles. The molecule has 0 unspecified atom stereocenters. The van der Waals surface area contributed by atoms with Crippen LogP contribution in [0.1, 0.15) is 11.4 Å². The standard InChI is InChI=1S/C12H12N2O3S.H2O/c1-2-12-13-7-8-14(12)9-10-5-3-4-6-11(10)18(15,16)17;/h2-8H,1,9H2,(H,15,16,17);1H2. The van der Waals surface area contributed by atoms with Crippen molar-refractivity contribution < 1.29 is 23.0 Å². The summed E-state index contributed by atoms with van der Waals surface area (Å²) in [5.41, 5.74) is 0.521. The molecule has 0 saturated carbocycles. The van der Waals surface area contributed by atoms with E-state index in [9.17, 15) is 8.42 Å². The number of benzene rings is 1. The van der Waals surface area contributed by atoms with Crippen LogP contribution in [0.4, 0.5) is 0 Å². The van der Waals surface area contributed by atoms with Crippen LogP contribution >= 0.6 is 0 Å². The number of H-pyrrole nitrogens is 1. The van der Waals surface area contributed by atoms with Gasteiger partial charge in [0.05, 0.1) is 0 Å². The van der Waals surface area contributed by atoms with Gasteiger partial charge in [0, 0.05) is 11.6 Å². The predicted octanol–water partition coefficient (Wildman–Crippen LogP) is 1.06. The first kappa shape index (κ1) is 15.1. The SMILES string of the molecule is C=Cc1[nH]cc[n+]1Cc1ccccc1S(=O)(=O)O.[OH-]. The van der Waals surface area contributed by atoms with Gasteiger partial charge in [-0.25, -0.2) is 9.55 Å². The lowest BCUT2D eigenvalue weighted by molar-refractivity contribution is -0.689. The average Bonchev–Trinajstić information content (AvgIpc) is 2.75. The monoisotopic (exact) mass is 282 g/mol. The summed E-state index contributed by atoms with van der Waals surface area (Å²) in [5, 5.41) is 0. The molecule has 3 N–H and O–H groups in total. The molecule has 0 spiro atoms. The lowest BCUT2D eigenvalue weighted by Crippen LogP contribution is -2.35. The van der Waals surface area contributed by atoms with Gasteiger partial charge in [0.2, 0.25) is 0 Å². The van der Waals surface area contributed by atoms with Crippen LogP contribution in [0.25, 0.3) is 6.08 Å². The van der Waals surface area contributed by atoms with Gasteiger partial charge in [-0.1, -0.05) is 24.8 Å². The van der Waals surface area contributed by atoms with Gasteiger partial charge in [-0.3, -0.25) is 4.55 Å². The Kier molecular flexibility index (Phi) is 4.60. The van der Waals surface area contributed by atoms with Crippen LogP contribution in [0, 0.1) is 0 Å². The highest BCUT2D eigenvalue weighted by molar-refractivity contribution is 7.85. The van der Waals surface area contributed by atoms with Crippen molar-refractivity contribution in [1.82, 2.24) is 4.98 Å². The average molecular weight is 282 g/mol. The quantitative estimate of drug-likeness (QED) is 0.646. The molecule has 6 nitrogen and oxygen atoms in total. The molecule has 2 rings (SSSR count). The van der Waals surface area contributed by atoms with Gasteiger partial charge in [0.15, 0.2) is 0 Å². The summed E-state index contributed by atoms with van der Waals surface area (Å²) in [5.74, 6) is 0.764. The molecule has 1 heterocycles. The molecule has 1 aromatic heterocycles. The number of aromatic nitrogens is 2. The van der Waals surface area contributed by atoms with Crippen molar-refractivity contribution in [1.29, 1.82) is 0 Å². The van der Waals surface area contributed by atoms with Crippen LogP contribution in [0.3, 0.4) is 0 Å². The maximum Gasteiger partial charge on any atom is 0.294 e. The lowest BCUT2D eigenvalue weighted by atomic mass is 10.2.